The van der Waals surface area contributed by atoms with E-state index in [0.717, 1.165) is 24.0 Å². The molecule has 2 amide bonds. The lowest BCUT2D eigenvalue weighted by atomic mass is 9.84. The Morgan fingerprint density at radius 1 is 1.18 bits per heavy atom. The summed E-state index contributed by atoms with van der Waals surface area (Å²) in [5.74, 6) is 0.0970. The molecule has 2 heterocycles. The van der Waals surface area contributed by atoms with Crippen LogP contribution in [0.3, 0.4) is 0 Å². The second kappa shape index (κ2) is 8.48. The van der Waals surface area contributed by atoms with Crippen molar-refractivity contribution in [2.24, 2.45) is 0 Å². The van der Waals surface area contributed by atoms with Crippen LogP contribution in [0.4, 0.5) is 0 Å². The maximum Gasteiger partial charge on any atom is 0.254 e. The van der Waals surface area contributed by atoms with E-state index in [2.05, 4.69) is 11.4 Å². The number of hydrogen-bond donors (Lipinski definition) is 1. The lowest BCUT2D eigenvalue weighted by Crippen LogP contribution is -2.54. The third-order valence-corrected chi connectivity index (χ3v) is 6.46. The Labute approximate surface area is 167 Å². The fraction of sp³-hybridized carbons (Fsp3) is 0.565. The lowest BCUT2D eigenvalue weighted by molar-refractivity contribution is -0.125. The second-order valence-corrected chi connectivity index (χ2v) is 8.27. The molecule has 0 radical (unpaired) electrons. The molecule has 1 aliphatic carbocycles. The van der Waals surface area contributed by atoms with Crippen LogP contribution < -0.4 is 5.32 Å². The van der Waals surface area contributed by atoms with E-state index in [1.807, 2.05) is 29.2 Å². The highest BCUT2D eigenvalue weighted by atomic mass is 16.5. The van der Waals surface area contributed by atoms with Gasteiger partial charge in [0.15, 0.2) is 0 Å². The van der Waals surface area contributed by atoms with E-state index in [1.165, 1.54) is 24.8 Å². The van der Waals surface area contributed by atoms with Crippen LogP contribution in [0.1, 0.15) is 67.3 Å². The van der Waals surface area contributed by atoms with E-state index in [0.29, 0.717) is 45.6 Å². The molecule has 1 fully saturated rings. The van der Waals surface area contributed by atoms with E-state index in [-0.39, 0.29) is 11.8 Å². The minimum Gasteiger partial charge on any atom is -0.381 e. The van der Waals surface area contributed by atoms with E-state index >= 15 is 0 Å². The van der Waals surface area contributed by atoms with Crippen molar-refractivity contribution in [1.29, 1.82) is 0 Å². The van der Waals surface area contributed by atoms with Gasteiger partial charge in [-0.25, -0.2) is 0 Å². The van der Waals surface area contributed by atoms with Crippen molar-refractivity contribution < 1.29 is 14.3 Å². The van der Waals surface area contributed by atoms with Gasteiger partial charge < -0.3 is 15.0 Å². The summed E-state index contributed by atoms with van der Waals surface area (Å²) in [6, 6.07) is 7.78. The second-order valence-electron chi connectivity index (χ2n) is 8.27. The van der Waals surface area contributed by atoms with Crippen LogP contribution in [-0.4, -0.2) is 42.0 Å². The van der Waals surface area contributed by atoms with E-state index in [4.69, 9.17) is 4.74 Å². The molecule has 28 heavy (non-hydrogen) atoms. The van der Waals surface area contributed by atoms with Crippen molar-refractivity contribution in [3.05, 3.63) is 47.0 Å². The summed E-state index contributed by atoms with van der Waals surface area (Å²) < 4.78 is 5.56. The lowest BCUT2D eigenvalue weighted by Gasteiger charge is -2.44. The Hall–Kier alpha value is -2.14. The van der Waals surface area contributed by atoms with E-state index in [1.54, 1.807) is 0 Å². The van der Waals surface area contributed by atoms with Gasteiger partial charge in [0.2, 0.25) is 5.91 Å². The average Bonchev–Trinajstić information content (AvgIpc) is 3.07. The first kappa shape index (κ1) is 19.2. The zero-order valence-electron chi connectivity index (χ0n) is 16.5. The van der Waals surface area contributed by atoms with E-state index < -0.39 is 5.54 Å². The highest BCUT2D eigenvalue weighted by molar-refractivity contribution is 5.99. The number of benzene rings is 1. The van der Waals surface area contributed by atoms with Crippen LogP contribution in [-0.2, 0) is 16.1 Å². The predicted octanol–water partition coefficient (Wildman–Crippen LogP) is 3.59. The number of hydrogen-bond acceptors (Lipinski definition) is 3. The number of nitrogens with zero attached hydrogens (tertiary/aromatic N) is 1. The molecule has 5 heteroatoms. The van der Waals surface area contributed by atoms with Crippen molar-refractivity contribution in [2.75, 3.05) is 19.8 Å². The number of carbonyl (C=O) groups is 2. The SMILES string of the molecule is O=C(CC1(N2Cc3ccccc3C2=O)CCOCC1)NCCC1=CCCCC1. The summed E-state index contributed by atoms with van der Waals surface area (Å²) in [6.45, 7) is 2.47. The maximum atomic E-state index is 13.0. The highest BCUT2D eigenvalue weighted by Gasteiger charge is 2.45. The Bertz CT molecular complexity index is 765. The van der Waals surface area contributed by atoms with Crippen LogP contribution in [0.2, 0.25) is 0 Å². The molecule has 1 aromatic carbocycles. The maximum absolute atomic E-state index is 13.0. The molecular weight excluding hydrogens is 352 g/mol. The Morgan fingerprint density at radius 3 is 2.75 bits per heavy atom. The number of allylic oxidation sites excluding steroid dienone is 1. The number of fused-ring (bicyclic) bond motifs is 1. The van der Waals surface area contributed by atoms with Gasteiger partial charge in [-0.1, -0.05) is 29.8 Å². The number of amides is 2. The molecule has 0 aromatic heterocycles. The molecule has 0 saturated carbocycles. The van der Waals surface area contributed by atoms with Crippen molar-refractivity contribution in [3.8, 4) is 0 Å². The smallest absolute Gasteiger partial charge is 0.254 e. The monoisotopic (exact) mass is 382 g/mol. The number of ether oxygens (including phenoxy) is 1. The Kier molecular flexibility index (Phi) is 5.81. The molecule has 0 atom stereocenters. The first-order valence-electron chi connectivity index (χ1n) is 10.6. The highest BCUT2D eigenvalue weighted by Crippen LogP contribution is 2.38. The van der Waals surface area contributed by atoms with Crippen LogP contribution in [0.15, 0.2) is 35.9 Å². The minimum atomic E-state index is -0.442. The van der Waals surface area contributed by atoms with Gasteiger partial charge in [-0.3, -0.25) is 9.59 Å². The van der Waals surface area contributed by atoms with Gasteiger partial charge in [-0.2, -0.15) is 0 Å². The topological polar surface area (TPSA) is 58.6 Å². The number of nitrogens with one attached hydrogen (secondary N) is 1. The molecule has 0 unspecified atom stereocenters. The van der Waals surface area contributed by atoms with Gasteiger partial charge in [0.25, 0.3) is 5.91 Å². The largest absolute Gasteiger partial charge is 0.381 e. The van der Waals surface area contributed by atoms with Gasteiger partial charge in [0.1, 0.15) is 0 Å². The summed E-state index contributed by atoms with van der Waals surface area (Å²) in [6.07, 6.45) is 9.94. The molecule has 1 aromatic rings. The number of rotatable bonds is 6. The molecule has 5 nitrogen and oxygen atoms in total. The van der Waals surface area contributed by atoms with Gasteiger partial charge in [-0.05, 0) is 56.6 Å². The summed E-state index contributed by atoms with van der Waals surface area (Å²) in [7, 11) is 0. The van der Waals surface area contributed by atoms with Gasteiger partial charge in [0.05, 0.1) is 12.0 Å². The fourth-order valence-electron chi connectivity index (χ4n) is 4.79. The summed E-state index contributed by atoms with van der Waals surface area (Å²) in [5, 5.41) is 3.10. The Balaban J connectivity index is 1.41. The minimum absolute atomic E-state index is 0.0436. The summed E-state index contributed by atoms with van der Waals surface area (Å²) in [4.78, 5) is 27.8. The van der Waals surface area contributed by atoms with Crippen molar-refractivity contribution >= 4 is 11.8 Å². The third-order valence-electron chi connectivity index (χ3n) is 6.46. The standard InChI is InChI=1S/C23H30N2O3/c26-21(24-13-10-18-6-2-1-3-7-18)16-23(11-14-28-15-12-23)25-17-19-8-4-5-9-20(19)22(25)27/h4-6,8-9H,1-3,7,10-17H2,(H,24,26). The predicted molar refractivity (Wildman–Crippen MR) is 108 cm³/mol. The Morgan fingerprint density at radius 2 is 2.00 bits per heavy atom. The van der Waals surface area contributed by atoms with Crippen LogP contribution in [0, 0.1) is 0 Å². The molecule has 4 rings (SSSR count). The van der Waals surface area contributed by atoms with E-state index in [9.17, 15) is 9.59 Å². The third kappa shape index (κ3) is 4.00. The molecule has 150 valence electrons. The summed E-state index contributed by atoms with van der Waals surface area (Å²) in [5.41, 5.74) is 2.86. The summed E-state index contributed by atoms with van der Waals surface area (Å²) >= 11 is 0. The molecule has 0 bridgehead atoms. The van der Waals surface area contributed by atoms with Gasteiger partial charge in [-0.15, -0.1) is 0 Å². The van der Waals surface area contributed by atoms with Crippen molar-refractivity contribution in [2.45, 2.75) is 63.5 Å². The molecule has 2 aliphatic heterocycles. The first-order chi connectivity index (χ1) is 13.7. The quantitative estimate of drug-likeness (QED) is 0.765. The van der Waals surface area contributed by atoms with Crippen molar-refractivity contribution in [1.82, 2.24) is 10.2 Å². The fourth-order valence-corrected chi connectivity index (χ4v) is 4.79. The molecule has 0 spiro atoms. The molecule has 1 N–H and O–H groups in total. The van der Waals surface area contributed by atoms with Crippen LogP contribution in [0.25, 0.3) is 0 Å². The van der Waals surface area contributed by atoms with Gasteiger partial charge >= 0.3 is 0 Å². The molecule has 3 aliphatic rings. The van der Waals surface area contributed by atoms with Crippen LogP contribution >= 0.6 is 0 Å². The first-order valence-corrected chi connectivity index (χ1v) is 10.6. The average molecular weight is 383 g/mol. The van der Waals surface area contributed by atoms with Crippen molar-refractivity contribution in [3.63, 3.8) is 0 Å². The van der Waals surface area contributed by atoms with Crippen LogP contribution in [0.5, 0.6) is 0 Å². The zero-order chi connectivity index (χ0) is 19.4. The zero-order valence-corrected chi connectivity index (χ0v) is 16.5. The normalized spacial score (nSPS) is 21.2. The molecular formula is C23H30N2O3. The number of carbonyl (C=O) groups excluding carboxylic acids is 2. The van der Waals surface area contributed by atoms with Gasteiger partial charge in [0, 0.05) is 31.9 Å². The molecule has 1 saturated heterocycles.